The molecule has 0 amide bonds. The quantitative estimate of drug-likeness (QED) is 0.737. The van der Waals surface area contributed by atoms with E-state index in [-0.39, 0.29) is 0 Å². The number of anilines is 1. The summed E-state index contributed by atoms with van der Waals surface area (Å²) in [5.74, 6) is 0.909. The minimum atomic E-state index is 0.310. The van der Waals surface area contributed by atoms with Crippen molar-refractivity contribution >= 4 is 17.4 Å². The van der Waals surface area contributed by atoms with Crippen molar-refractivity contribution in [2.45, 2.75) is 19.4 Å². The summed E-state index contributed by atoms with van der Waals surface area (Å²) in [6.07, 6.45) is 3.98. The van der Waals surface area contributed by atoms with Crippen LogP contribution in [0.4, 0.5) is 5.82 Å². The van der Waals surface area contributed by atoms with Gasteiger partial charge in [-0.2, -0.15) is 0 Å². The summed E-state index contributed by atoms with van der Waals surface area (Å²) in [5.41, 5.74) is 2.82. The van der Waals surface area contributed by atoms with E-state index in [2.05, 4.69) is 39.1 Å². The van der Waals surface area contributed by atoms with Crippen LogP contribution >= 0.6 is 11.6 Å². The average Bonchev–Trinajstić information content (AvgIpc) is 2.60. The highest BCUT2D eigenvalue weighted by Gasteiger charge is 2.15. The molecule has 0 N–H and O–H groups in total. The first-order valence-corrected chi connectivity index (χ1v) is 6.51. The average molecular weight is 260 g/mol. The molecule has 0 saturated carbocycles. The molecule has 4 heteroatoms. The van der Waals surface area contributed by atoms with Gasteiger partial charge in [-0.3, -0.25) is 0 Å². The van der Waals surface area contributed by atoms with E-state index in [1.165, 1.54) is 11.1 Å². The van der Waals surface area contributed by atoms with Gasteiger partial charge in [-0.15, -0.1) is 0 Å². The maximum atomic E-state index is 5.86. The summed E-state index contributed by atoms with van der Waals surface area (Å²) in [5, 5.41) is 0.310. The third-order valence-corrected chi connectivity index (χ3v) is 3.47. The highest BCUT2D eigenvalue weighted by atomic mass is 35.5. The van der Waals surface area contributed by atoms with Crippen LogP contribution < -0.4 is 4.90 Å². The maximum Gasteiger partial charge on any atom is 0.224 e. The number of nitrogens with zero attached hydrogens (tertiary/aromatic N) is 3. The minimum Gasteiger partial charge on any atom is -0.352 e. The van der Waals surface area contributed by atoms with Crippen molar-refractivity contribution in [2.75, 3.05) is 11.4 Å². The van der Waals surface area contributed by atoms with Crippen LogP contribution in [0.15, 0.2) is 36.5 Å². The van der Waals surface area contributed by atoms with E-state index in [0.29, 0.717) is 5.28 Å². The molecule has 0 bridgehead atoms. The van der Waals surface area contributed by atoms with E-state index in [4.69, 9.17) is 11.6 Å². The number of fused-ring (bicyclic) bond motifs is 1. The molecule has 0 spiro atoms. The van der Waals surface area contributed by atoms with Crippen LogP contribution in [0.3, 0.4) is 0 Å². The molecular formula is C14H14ClN3. The fourth-order valence-electron chi connectivity index (χ4n) is 2.40. The maximum absolute atomic E-state index is 5.86. The first-order valence-electron chi connectivity index (χ1n) is 6.13. The fourth-order valence-corrected chi connectivity index (χ4v) is 2.54. The molecule has 0 unspecified atom stereocenters. The molecule has 0 radical (unpaired) electrons. The lowest BCUT2D eigenvalue weighted by Gasteiger charge is -2.21. The van der Waals surface area contributed by atoms with Gasteiger partial charge in [0, 0.05) is 19.3 Å². The monoisotopic (exact) mass is 259 g/mol. The van der Waals surface area contributed by atoms with Crippen LogP contribution in [-0.2, 0) is 13.0 Å². The normalized spacial score (nSPS) is 15.1. The Kier molecular flexibility index (Phi) is 3.15. The van der Waals surface area contributed by atoms with Crippen molar-refractivity contribution in [2.24, 2.45) is 0 Å². The zero-order valence-corrected chi connectivity index (χ0v) is 10.8. The predicted octanol–water partition coefficient (Wildman–Crippen LogP) is 3.08. The highest BCUT2D eigenvalue weighted by molar-refractivity contribution is 6.28. The summed E-state index contributed by atoms with van der Waals surface area (Å²) in [4.78, 5) is 10.5. The van der Waals surface area contributed by atoms with Gasteiger partial charge in [-0.25, -0.2) is 9.97 Å². The molecule has 2 aromatic rings. The molecule has 0 atom stereocenters. The number of aryl methyl sites for hydroxylation is 1. The third kappa shape index (κ3) is 2.31. The van der Waals surface area contributed by atoms with Gasteiger partial charge in [0.1, 0.15) is 5.82 Å². The van der Waals surface area contributed by atoms with E-state index in [9.17, 15) is 0 Å². The lowest BCUT2D eigenvalue weighted by molar-refractivity contribution is 0.753. The van der Waals surface area contributed by atoms with Gasteiger partial charge in [0.05, 0.1) is 0 Å². The molecule has 1 aliphatic heterocycles. The smallest absolute Gasteiger partial charge is 0.224 e. The van der Waals surface area contributed by atoms with E-state index >= 15 is 0 Å². The number of rotatable bonds is 1. The Balaban J connectivity index is 1.91. The van der Waals surface area contributed by atoms with E-state index in [1.807, 2.05) is 6.07 Å². The fraction of sp³-hybridized carbons (Fsp3) is 0.286. The lowest BCUT2D eigenvalue weighted by Crippen LogP contribution is -2.23. The Bertz CT molecular complexity index is 556. The first-order chi connectivity index (χ1) is 8.83. The second kappa shape index (κ2) is 4.94. The number of aromatic nitrogens is 2. The van der Waals surface area contributed by atoms with Crippen molar-refractivity contribution in [1.29, 1.82) is 0 Å². The van der Waals surface area contributed by atoms with Crippen molar-refractivity contribution < 1.29 is 0 Å². The molecule has 92 valence electrons. The summed E-state index contributed by atoms with van der Waals surface area (Å²) in [6.45, 7) is 1.89. The predicted molar refractivity (Wildman–Crippen MR) is 72.9 cm³/mol. The van der Waals surface area contributed by atoms with Crippen LogP contribution in [0, 0.1) is 0 Å². The van der Waals surface area contributed by atoms with Crippen molar-refractivity contribution in [3.05, 3.63) is 52.9 Å². The topological polar surface area (TPSA) is 29.0 Å². The SMILES string of the molecule is Clc1nccc(N2CCCc3ccccc3C2)n1. The Morgan fingerprint density at radius 3 is 2.78 bits per heavy atom. The number of hydrogen-bond donors (Lipinski definition) is 0. The van der Waals surface area contributed by atoms with Gasteiger partial charge >= 0.3 is 0 Å². The Labute approximate surface area is 111 Å². The van der Waals surface area contributed by atoms with Crippen molar-refractivity contribution in [3.8, 4) is 0 Å². The van der Waals surface area contributed by atoms with Crippen LogP contribution in [-0.4, -0.2) is 16.5 Å². The lowest BCUT2D eigenvalue weighted by atomic mass is 10.0. The van der Waals surface area contributed by atoms with Gasteiger partial charge in [-0.05, 0) is 41.6 Å². The second-order valence-electron chi connectivity index (χ2n) is 4.48. The van der Waals surface area contributed by atoms with Crippen LogP contribution in [0.1, 0.15) is 17.5 Å². The highest BCUT2D eigenvalue weighted by Crippen LogP contribution is 2.22. The van der Waals surface area contributed by atoms with E-state index in [1.54, 1.807) is 6.20 Å². The first kappa shape index (κ1) is 11.5. The largest absolute Gasteiger partial charge is 0.352 e. The van der Waals surface area contributed by atoms with Gasteiger partial charge in [0.2, 0.25) is 5.28 Å². The van der Waals surface area contributed by atoms with Crippen LogP contribution in [0.2, 0.25) is 5.28 Å². The van der Waals surface area contributed by atoms with Gasteiger partial charge < -0.3 is 4.90 Å². The number of halogens is 1. The minimum absolute atomic E-state index is 0.310. The molecule has 0 saturated heterocycles. The van der Waals surface area contributed by atoms with Crippen LogP contribution in [0.25, 0.3) is 0 Å². The summed E-state index contributed by atoms with van der Waals surface area (Å²) in [6, 6.07) is 10.5. The zero-order chi connectivity index (χ0) is 12.4. The second-order valence-corrected chi connectivity index (χ2v) is 4.82. The summed E-state index contributed by atoms with van der Waals surface area (Å²) >= 11 is 5.86. The van der Waals surface area contributed by atoms with E-state index in [0.717, 1.165) is 31.7 Å². The molecule has 1 aliphatic rings. The molecule has 3 rings (SSSR count). The molecule has 1 aromatic heterocycles. The summed E-state index contributed by atoms with van der Waals surface area (Å²) in [7, 11) is 0. The van der Waals surface area contributed by atoms with E-state index < -0.39 is 0 Å². The van der Waals surface area contributed by atoms with Crippen molar-refractivity contribution in [3.63, 3.8) is 0 Å². The standard InChI is InChI=1S/C14H14ClN3/c15-14-16-8-7-13(17-14)18-9-3-6-11-4-1-2-5-12(11)10-18/h1-2,4-5,7-8H,3,6,9-10H2. The zero-order valence-electron chi connectivity index (χ0n) is 10.0. The van der Waals surface area contributed by atoms with Gasteiger partial charge in [0.15, 0.2) is 0 Å². The Morgan fingerprint density at radius 1 is 1.11 bits per heavy atom. The molecular weight excluding hydrogens is 246 g/mol. The molecule has 0 fully saturated rings. The molecule has 2 heterocycles. The molecule has 18 heavy (non-hydrogen) atoms. The summed E-state index contributed by atoms with van der Waals surface area (Å²) < 4.78 is 0. The molecule has 3 nitrogen and oxygen atoms in total. The van der Waals surface area contributed by atoms with Gasteiger partial charge in [0.25, 0.3) is 0 Å². The van der Waals surface area contributed by atoms with Crippen molar-refractivity contribution in [1.82, 2.24) is 9.97 Å². The van der Waals surface area contributed by atoms with Gasteiger partial charge in [-0.1, -0.05) is 24.3 Å². The molecule has 1 aromatic carbocycles. The number of hydrogen-bond acceptors (Lipinski definition) is 3. The Morgan fingerprint density at radius 2 is 1.94 bits per heavy atom. The number of benzene rings is 1. The Hall–Kier alpha value is -1.61. The van der Waals surface area contributed by atoms with Crippen LogP contribution in [0.5, 0.6) is 0 Å². The molecule has 0 aliphatic carbocycles. The third-order valence-electron chi connectivity index (χ3n) is 3.29.